The van der Waals surface area contributed by atoms with Gasteiger partial charge in [0.05, 0.1) is 0 Å². The van der Waals surface area contributed by atoms with Gasteiger partial charge in [-0.25, -0.2) is 0 Å². The van der Waals surface area contributed by atoms with Gasteiger partial charge in [-0.1, -0.05) is 23.3 Å². The van der Waals surface area contributed by atoms with E-state index in [9.17, 15) is 9.59 Å². The summed E-state index contributed by atoms with van der Waals surface area (Å²) in [5, 5.41) is 0. The topological polar surface area (TPSA) is 46.7 Å². The fourth-order valence-corrected chi connectivity index (χ4v) is 4.04. The lowest BCUT2D eigenvalue weighted by Crippen LogP contribution is -2.43. The SMILES string of the molecule is CC(C)=C1[C@H]2C=C[C@H]1[C@H]1C(=O)[C@@H]3O[C@H]3C(=O)[C@H]12. The molecule has 0 spiro atoms. The van der Waals surface area contributed by atoms with E-state index >= 15 is 0 Å². The Kier molecular flexibility index (Phi) is 1.60. The minimum atomic E-state index is -0.407. The van der Waals surface area contributed by atoms with Gasteiger partial charge in [-0.3, -0.25) is 9.59 Å². The number of hydrogen-bond donors (Lipinski definition) is 0. The van der Waals surface area contributed by atoms with Crippen LogP contribution in [0.2, 0.25) is 0 Å². The number of fused-ring (bicyclic) bond motifs is 6. The van der Waals surface area contributed by atoms with Crippen LogP contribution in [0.25, 0.3) is 0 Å². The summed E-state index contributed by atoms with van der Waals surface area (Å²) in [5.41, 5.74) is 2.57. The summed E-state index contributed by atoms with van der Waals surface area (Å²) in [7, 11) is 0. The summed E-state index contributed by atoms with van der Waals surface area (Å²) in [6.45, 7) is 4.15. The monoisotopic (exact) mass is 230 g/mol. The molecule has 0 radical (unpaired) electrons. The molecule has 88 valence electrons. The Labute approximate surface area is 99.5 Å². The van der Waals surface area contributed by atoms with Gasteiger partial charge in [0.1, 0.15) is 0 Å². The number of Topliss-reactive ketones (excluding diaryl/α,β-unsaturated/α-hetero) is 2. The van der Waals surface area contributed by atoms with E-state index in [1.807, 2.05) is 0 Å². The lowest BCUT2D eigenvalue weighted by molar-refractivity contribution is -0.135. The zero-order chi connectivity index (χ0) is 11.9. The number of carbonyl (C=O) groups excluding carboxylic acids is 2. The zero-order valence-electron chi connectivity index (χ0n) is 9.84. The second-order valence-electron chi connectivity index (χ2n) is 5.73. The molecule has 0 aromatic heterocycles. The molecule has 3 fully saturated rings. The zero-order valence-corrected chi connectivity index (χ0v) is 9.84. The van der Waals surface area contributed by atoms with Crippen molar-refractivity contribution in [1.29, 1.82) is 0 Å². The number of hydrogen-bond acceptors (Lipinski definition) is 3. The fraction of sp³-hybridized carbons (Fsp3) is 0.571. The minimum absolute atomic E-state index is 0.133. The van der Waals surface area contributed by atoms with Gasteiger partial charge in [0.25, 0.3) is 0 Å². The Balaban J connectivity index is 1.87. The summed E-state index contributed by atoms with van der Waals surface area (Å²) < 4.78 is 5.22. The molecular formula is C14H14O3. The molecule has 3 heteroatoms. The van der Waals surface area contributed by atoms with Crippen molar-refractivity contribution in [2.24, 2.45) is 23.7 Å². The third-order valence-corrected chi connectivity index (χ3v) is 4.69. The second-order valence-corrected chi connectivity index (χ2v) is 5.73. The van der Waals surface area contributed by atoms with Gasteiger partial charge in [0.15, 0.2) is 23.8 Å². The van der Waals surface area contributed by atoms with Gasteiger partial charge in [-0.2, -0.15) is 0 Å². The van der Waals surface area contributed by atoms with Gasteiger partial charge in [-0.05, 0) is 13.8 Å². The maximum Gasteiger partial charge on any atom is 0.169 e. The standard InChI is InChI=1S/C14H14O3/c1-5(2)8-6-3-4-7(8)10-9(6)11(15)13-14(17-13)12(10)16/h3-4,6-7,9-10,13-14H,1-2H3/t6-,7-,9-,10+,13+,14+/m1/s1. The fourth-order valence-electron chi connectivity index (χ4n) is 4.04. The van der Waals surface area contributed by atoms with Crippen molar-refractivity contribution >= 4 is 11.6 Å². The van der Waals surface area contributed by atoms with Gasteiger partial charge in [0, 0.05) is 23.7 Å². The van der Waals surface area contributed by atoms with Gasteiger partial charge < -0.3 is 4.74 Å². The molecule has 4 rings (SSSR count). The molecule has 0 amide bonds. The van der Waals surface area contributed by atoms with E-state index in [-0.39, 0.29) is 35.2 Å². The van der Waals surface area contributed by atoms with Crippen LogP contribution < -0.4 is 0 Å². The van der Waals surface area contributed by atoms with E-state index in [1.165, 1.54) is 11.1 Å². The van der Waals surface area contributed by atoms with E-state index in [0.29, 0.717) is 0 Å². The highest BCUT2D eigenvalue weighted by molar-refractivity contribution is 6.07. The van der Waals surface area contributed by atoms with Crippen LogP contribution >= 0.6 is 0 Å². The highest BCUT2D eigenvalue weighted by Crippen LogP contribution is 2.58. The predicted octanol–water partition coefficient (Wildman–Crippen LogP) is 1.29. The van der Waals surface area contributed by atoms with Crippen LogP contribution in [0.4, 0.5) is 0 Å². The summed E-state index contributed by atoms with van der Waals surface area (Å²) >= 11 is 0. The summed E-state index contributed by atoms with van der Waals surface area (Å²) in [6, 6.07) is 0. The lowest BCUT2D eigenvalue weighted by atomic mass is 9.72. The van der Waals surface area contributed by atoms with Gasteiger partial charge >= 0.3 is 0 Å². The Morgan fingerprint density at radius 2 is 1.47 bits per heavy atom. The van der Waals surface area contributed by atoms with Crippen molar-refractivity contribution in [2.45, 2.75) is 26.1 Å². The first kappa shape index (κ1) is 9.77. The number of allylic oxidation sites excluding steroid dienone is 4. The normalized spacial score (nSPS) is 49.4. The molecule has 0 aromatic rings. The first-order valence-corrected chi connectivity index (χ1v) is 6.20. The van der Waals surface area contributed by atoms with Crippen LogP contribution in [-0.2, 0) is 14.3 Å². The van der Waals surface area contributed by atoms with Gasteiger partial charge in [0.2, 0.25) is 0 Å². The van der Waals surface area contributed by atoms with Crippen molar-refractivity contribution in [3.63, 3.8) is 0 Å². The molecule has 0 aromatic carbocycles. The van der Waals surface area contributed by atoms with Crippen LogP contribution in [0.15, 0.2) is 23.3 Å². The first-order valence-electron chi connectivity index (χ1n) is 6.20. The average molecular weight is 230 g/mol. The van der Waals surface area contributed by atoms with E-state index in [4.69, 9.17) is 4.74 Å². The molecule has 0 unspecified atom stereocenters. The third-order valence-electron chi connectivity index (χ3n) is 4.69. The molecule has 2 saturated carbocycles. The largest absolute Gasteiger partial charge is 0.353 e. The maximum atomic E-state index is 12.2. The van der Waals surface area contributed by atoms with Gasteiger partial charge in [-0.15, -0.1) is 0 Å². The molecule has 1 saturated heterocycles. The molecule has 17 heavy (non-hydrogen) atoms. The number of ketones is 2. The van der Waals surface area contributed by atoms with Crippen LogP contribution in [-0.4, -0.2) is 23.8 Å². The molecular weight excluding hydrogens is 216 g/mol. The number of epoxide rings is 1. The van der Waals surface area contributed by atoms with Crippen molar-refractivity contribution < 1.29 is 14.3 Å². The first-order chi connectivity index (χ1) is 8.11. The molecule has 0 N–H and O–H groups in total. The van der Waals surface area contributed by atoms with Crippen molar-refractivity contribution in [3.05, 3.63) is 23.3 Å². The van der Waals surface area contributed by atoms with E-state index in [1.54, 1.807) is 0 Å². The molecule has 6 atom stereocenters. The smallest absolute Gasteiger partial charge is 0.169 e. The van der Waals surface area contributed by atoms with E-state index in [2.05, 4.69) is 26.0 Å². The highest BCUT2D eigenvalue weighted by atomic mass is 16.6. The number of rotatable bonds is 0. The Bertz CT molecular complexity index is 472. The molecule has 2 bridgehead atoms. The molecule has 1 aliphatic heterocycles. The maximum absolute atomic E-state index is 12.2. The Morgan fingerprint density at radius 3 is 1.88 bits per heavy atom. The molecule has 1 heterocycles. The van der Waals surface area contributed by atoms with Crippen molar-refractivity contribution in [3.8, 4) is 0 Å². The Morgan fingerprint density at radius 1 is 1.00 bits per heavy atom. The molecule has 4 aliphatic rings. The number of carbonyl (C=O) groups is 2. The number of ether oxygens (including phenoxy) is 1. The van der Waals surface area contributed by atoms with E-state index in [0.717, 1.165) is 0 Å². The van der Waals surface area contributed by atoms with Crippen molar-refractivity contribution in [2.75, 3.05) is 0 Å². The molecule has 3 aliphatic carbocycles. The third kappa shape index (κ3) is 0.974. The summed E-state index contributed by atoms with van der Waals surface area (Å²) in [4.78, 5) is 24.4. The average Bonchev–Trinajstić information content (AvgIpc) is 2.89. The van der Waals surface area contributed by atoms with Crippen LogP contribution in [0.1, 0.15) is 13.8 Å². The molecule has 3 nitrogen and oxygen atoms in total. The summed E-state index contributed by atoms with van der Waals surface area (Å²) in [5.74, 6) is 0.385. The highest BCUT2D eigenvalue weighted by Gasteiger charge is 2.67. The quantitative estimate of drug-likeness (QED) is 0.465. The van der Waals surface area contributed by atoms with Crippen LogP contribution in [0.3, 0.4) is 0 Å². The van der Waals surface area contributed by atoms with Crippen molar-refractivity contribution in [1.82, 2.24) is 0 Å². The lowest BCUT2D eigenvalue weighted by Gasteiger charge is -2.26. The second kappa shape index (κ2) is 2.78. The summed E-state index contributed by atoms with van der Waals surface area (Å²) in [6.07, 6.45) is 3.41. The van der Waals surface area contributed by atoms with Crippen LogP contribution in [0.5, 0.6) is 0 Å². The minimum Gasteiger partial charge on any atom is -0.353 e. The predicted molar refractivity (Wildman–Crippen MR) is 60.1 cm³/mol. The van der Waals surface area contributed by atoms with Crippen LogP contribution in [0, 0.1) is 23.7 Å². The Hall–Kier alpha value is -1.22. The van der Waals surface area contributed by atoms with E-state index < -0.39 is 12.2 Å².